The van der Waals surface area contributed by atoms with Crippen LogP contribution in [-0.2, 0) is 0 Å². The highest BCUT2D eigenvalue weighted by Crippen LogP contribution is 2.32. The predicted molar refractivity (Wildman–Crippen MR) is 102 cm³/mol. The molecule has 1 N–H and O–H groups in total. The van der Waals surface area contributed by atoms with Crippen molar-refractivity contribution in [1.29, 1.82) is 0 Å². The number of aryl methyl sites for hydroxylation is 2. The average Bonchev–Trinajstić information content (AvgIpc) is 3.29. The Bertz CT molecular complexity index is 1100. The number of thiophene rings is 1. The number of hydrogen-bond acceptors (Lipinski definition) is 8. The van der Waals surface area contributed by atoms with E-state index in [9.17, 15) is 0 Å². The maximum atomic E-state index is 4.51. The molecule has 4 rings (SSSR count). The summed E-state index contributed by atoms with van der Waals surface area (Å²) in [6.45, 7) is 6.11. The van der Waals surface area contributed by atoms with E-state index < -0.39 is 0 Å². The van der Waals surface area contributed by atoms with E-state index >= 15 is 0 Å². The Balaban J connectivity index is 1.65. The van der Waals surface area contributed by atoms with Gasteiger partial charge in [0.25, 0.3) is 0 Å². The second kappa shape index (κ2) is 6.60. The van der Waals surface area contributed by atoms with Gasteiger partial charge in [0.2, 0.25) is 0 Å². The molecule has 3 heterocycles. The molecule has 0 aliphatic heterocycles. The summed E-state index contributed by atoms with van der Waals surface area (Å²) >= 11 is 1.66. The van der Waals surface area contributed by atoms with Gasteiger partial charge in [-0.1, -0.05) is 12.1 Å². The summed E-state index contributed by atoms with van der Waals surface area (Å²) in [5, 5.41) is 16.8. The fourth-order valence-corrected chi connectivity index (χ4v) is 3.62. The third kappa shape index (κ3) is 2.93. The number of hydrazone groups is 1. The molecular weight excluding hydrogens is 348 g/mol. The van der Waals surface area contributed by atoms with Crippen LogP contribution in [0, 0.1) is 13.8 Å². The molecule has 0 bridgehead atoms. The molecule has 0 spiro atoms. The van der Waals surface area contributed by atoms with Crippen molar-refractivity contribution in [3.8, 4) is 5.69 Å². The van der Waals surface area contributed by atoms with Crippen LogP contribution in [0.4, 0.5) is 5.82 Å². The number of tetrazole rings is 1. The molecule has 0 saturated heterocycles. The lowest BCUT2D eigenvalue weighted by Gasteiger charge is -2.06. The van der Waals surface area contributed by atoms with Crippen molar-refractivity contribution >= 4 is 33.1 Å². The third-order valence-corrected chi connectivity index (χ3v) is 5.29. The summed E-state index contributed by atoms with van der Waals surface area (Å²) < 4.78 is 1.61. The van der Waals surface area contributed by atoms with Crippen LogP contribution in [0.2, 0.25) is 0 Å². The number of aromatic nitrogens is 6. The molecule has 26 heavy (non-hydrogen) atoms. The SMILES string of the molecule is C/C(=N/Nc1ncnc2sc(C)c(C)c12)c1cccc(-n2cnnn2)c1. The van der Waals surface area contributed by atoms with Gasteiger partial charge in [0.1, 0.15) is 17.5 Å². The normalized spacial score (nSPS) is 11.9. The number of nitrogens with zero attached hydrogens (tertiary/aromatic N) is 7. The van der Waals surface area contributed by atoms with Crippen LogP contribution in [0.1, 0.15) is 22.9 Å². The maximum absolute atomic E-state index is 4.51. The molecule has 130 valence electrons. The first-order valence-corrected chi connectivity index (χ1v) is 8.80. The minimum Gasteiger partial charge on any atom is -0.260 e. The summed E-state index contributed by atoms with van der Waals surface area (Å²) in [7, 11) is 0. The fourth-order valence-electron chi connectivity index (χ4n) is 2.62. The lowest BCUT2D eigenvalue weighted by atomic mass is 10.1. The number of benzene rings is 1. The summed E-state index contributed by atoms with van der Waals surface area (Å²) in [5.74, 6) is 0.716. The lowest BCUT2D eigenvalue weighted by molar-refractivity contribution is 0.789. The molecule has 0 saturated carbocycles. The minimum absolute atomic E-state index is 0.716. The third-order valence-electron chi connectivity index (χ3n) is 4.17. The molecule has 0 aliphatic carbocycles. The van der Waals surface area contributed by atoms with Crippen molar-refractivity contribution in [2.75, 3.05) is 5.43 Å². The molecule has 0 amide bonds. The van der Waals surface area contributed by atoms with Gasteiger partial charge in [0, 0.05) is 4.88 Å². The molecule has 0 fully saturated rings. The molecular formula is C17H16N8S. The fraction of sp³-hybridized carbons (Fsp3) is 0.176. The van der Waals surface area contributed by atoms with Crippen LogP contribution in [0.15, 0.2) is 42.0 Å². The predicted octanol–water partition coefficient (Wildman–Crippen LogP) is 3.12. The van der Waals surface area contributed by atoms with E-state index in [1.54, 1.807) is 28.7 Å². The zero-order valence-electron chi connectivity index (χ0n) is 14.5. The zero-order valence-corrected chi connectivity index (χ0v) is 15.3. The number of rotatable bonds is 4. The van der Waals surface area contributed by atoms with Gasteiger partial charge in [-0.3, -0.25) is 5.43 Å². The van der Waals surface area contributed by atoms with Crippen molar-refractivity contribution in [2.24, 2.45) is 5.10 Å². The topological polar surface area (TPSA) is 93.8 Å². The molecule has 0 unspecified atom stereocenters. The van der Waals surface area contributed by atoms with Crippen LogP contribution < -0.4 is 5.43 Å². The molecule has 0 atom stereocenters. The summed E-state index contributed by atoms with van der Waals surface area (Å²) in [5.41, 5.74) is 6.94. The highest BCUT2D eigenvalue weighted by atomic mass is 32.1. The van der Waals surface area contributed by atoms with Gasteiger partial charge in [-0.15, -0.1) is 16.4 Å². The largest absolute Gasteiger partial charge is 0.260 e. The summed E-state index contributed by atoms with van der Waals surface area (Å²) in [6, 6.07) is 7.85. The van der Waals surface area contributed by atoms with E-state index in [4.69, 9.17) is 0 Å². The van der Waals surface area contributed by atoms with Gasteiger partial charge in [0.15, 0.2) is 5.82 Å². The van der Waals surface area contributed by atoms with Gasteiger partial charge >= 0.3 is 0 Å². The molecule has 9 heteroatoms. The molecule has 3 aromatic heterocycles. The standard InChI is InChI=1S/C17H16N8S/c1-10-12(3)26-17-15(10)16(18-8-19-17)22-21-11(2)13-5-4-6-14(7-13)25-9-20-23-24-25/h4-9H,1-3H3,(H,18,19,22)/b21-11-. The van der Waals surface area contributed by atoms with E-state index in [2.05, 4.69) is 49.9 Å². The van der Waals surface area contributed by atoms with E-state index in [1.807, 2.05) is 31.2 Å². The first kappa shape index (κ1) is 16.3. The van der Waals surface area contributed by atoms with E-state index in [-0.39, 0.29) is 0 Å². The quantitative estimate of drug-likeness (QED) is 0.442. The molecule has 0 radical (unpaired) electrons. The molecule has 0 aliphatic rings. The van der Waals surface area contributed by atoms with Crippen molar-refractivity contribution in [1.82, 2.24) is 30.2 Å². The van der Waals surface area contributed by atoms with Gasteiger partial charge in [-0.2, -0.15) is 5.10 Å². The Hall–Kier alpha value is -3.20. The monoisotopic (exact) mass is 364 g/mol. The molecule has 4 aromatic rings. The Kier molecular flexibility index (Phi) is 4.13. The Labute approximate surface area is 153 Å². The van der Waals surface area contributed by atoms with E-state index in [0.717, 1.165) is 27.2 Å². The van der Waals surface area contributed by atoms with Gasteiger partial charge in [-0.05, 0) is 54.5 Å². The Morgan fingerprint density at radius 1 is 1.23 bits per heavy atom. The first-order chi connectivity index (χ1) is 12.6. The highest BCUT2D eigenvalue weighted by Gasteiger charge is 2.11. The maximum Gasteiger partial charge on any atom is 0.158 e. The van der Waals surface area contributed by atoms with Crippen molar-refractivity contribution < 1.29 is 0 Å². The average molecular weight is 364 g/mol. The number of anilines is 1. The van der Waals surface area contributed by atoms with E-state index in [1.165, 1.54) is 10.4 Å². The summed E-state index contributed by atoms with van der Waals surface area (Å²) in [6.07, 6.45) is 3.12. The van der Waals surface area contributed by atoms with Crippen LogP contribution in [0.5, 0.6) is 0 Å². The van der Waals surface area contributed by atoms with Crippen molar-refractivity contribution in [2.45, 2.75) is 20.8 Å². The van der Waals surface area contributed by atoms with Crippen LogP contribution in [0.25, 0.3) is 15.9 Å². The van der Waals surface area contributed by atoms with Crippen LogP contribution in [0.3, 0.4) is 0 Å². The van der Waals surface area contributed by atoms with E-state index in [0.29, 0.717) is 5.82 Å². The van der Waals surface area contributed by atoms with Crippen LogP contribution in [-0.4, -0.2) is 35.9 Å². The second-order valence-corrected chi connectivity index (χ2v) is 7.00. The van der Waals surface area contributed by atoms with Crippen LogP contribution >= 0.6 is 11.3 Å². The van der Waals surface area contributed by atoms with Crippen molar-refractivity contribution in [3.63, 3.8) is 0 Å². The number of fused-ring (bicyclic) bond motifs is 1. The molecule has 1 aromatic carbocycles. The number of hydrogen-bond donors (Lipinski definition) is 1. The van der Waals surface area contributed by atoms with Gasteiger partial charge in [-0.25, -0.2) is 14.6 Å². The van der Waals surface area contributed by atoms with Gasteiger partial charge < -0.3 is 0 Å². The summed E-state index contributed by atoms with van der Waals surface area (Å²) in [4.78, 5) is 10.9. The van der Waals surface area contributed by atoms with Crippen molar-refractivity contribution in [3.05, 3.63) is 52.9 Å². The Morgan fingerprint density at radius 3 is 2.92 bits per heavy atom. The second-order valence-electron chi connectivity index (χ2n) is 5.80. The molecule has 8 nitrogen and oxygen atoms in total. The highest BCUT2D eigenvalue weighted by molar-refractivity contribution is 7.18. The number of nitrogens with one attached hydrogen (secondary N) is 1. The first-order valence-electron chi connectivity index (χ1n) is 7.98. The smallest absolute Gasteiger partial charge is 0.158 e. The Morgan fingerprint density at radius 2 is 2.12 bits per heavy atom. The lowest BCUT2D eigenvalue weighted by Crippen LogP contribution is -2.03. The van der Waals surface area contributed by atoms with Gasteiger partial charge in [0.05, 0.1) is 16.8 Å². The zero-order chi connectivity index (χ0) is 18.1. The minimum atomic E-state index is 0.716.